The molecule has 0 N–H and O–H groups in total. The number of hydrogen-bond donors (Lipinski definition) is 0. The maximum Gasteiger partial charge on any atom is 0.309 e. The van der Waals surface area contributed by atoms with E-state index in [2.05, 4.69) is 4.90 Å². The largest absolute Gasteiger partial charge is 0.492 e. The molecule has 2 aliphatic heterocycles. The topological polar surface area (TPSA) is 108 Å². The molecule has 4 aromatic rings. The minimum absolute atomic E-state index is 0.0394. The van der Waals surface area contributed by atoms with E-state index in [0.717, 1.165) is 69.9 Å². The van der Waals surface area contributed by atoms with Crippen LogP contribution in [0.2, 0.25) is 0 Å². The fourth-order valence-electron chi connectivity index (χ4n) is 6.10. The van der Waals surface area contributed by atoms with Gasteiger partial charge in [0.2, 0.25) is 0 Å². The molecule has 12 heteroatoms. The minimum atomic E-state index is -3.75. The first kappa shape index (κ1) is 34.5. The summed E-state index contributed by atoms with van der Waals surface area (Å²) < 4.78 is 74.8. The SMILES string of the molecule is CCCCS(=O)(=O)Oc1ccc2c(c1)OC(c1ccc(OCCN3CCCCC3)cc1)c1c-2sc2cc(OS(=O)(=O)CCCC)ccc12. The third kappa shape index (κ3) is 8.27. The zero-order valence-electron chi connectivity index (χ0n) is 27.5. The van der Waals surface area contributed by atoms with Crippen LogP contribution in [0.15, 0.2) is 60.7 Å². The number of fused-ring (bicyclic) bond motifs is 5. The summed E-state index contributed by atoms with van der Waals surface area (Å²) in [7, 11) is -7.46. The van der Waals surface area contributed by atoms with Gasteiger partial charge in [-0.3, -0.25) is 4.90 Å². The Morgan fingerprint density at radius 2 is 1.42 bits per heavy atom. The first-order valence-electron chi connectivity index (χ1n) is 16.8. The van der Waals surface area contributed by atoms with E-state index < -0.39 is 26.3 Å². The van der Waals surface area contributed by atoms with E-state index in [0.29, 0.717) is 25.2 Å². The van der Waals surface area contributed by atoms with E-state index in [9.17, 15) is 16.8 Å². The number of unbranched alkanes of at least 4 members (excludes halogenated alkanes) is 2. The number of ether oxygens (including phenoxy) is 2. The normalized spacial score (nSPS) is 16.6. The smallest absolute Gasteiger partial charge is 0.309 e. The number of rotatable bonds is 15. The molecule has 1 aromatic heterocycles. The van der Waals surface area contributed by atoms with Crippen molar-refractivity contribution in [3.8, 4) is 33.4 Å². The van der Waals surface area contributed by atoms with Gasteiger partial charge in [-0.2, -0.15) is 16.8 Å². The van der Waals surface area contributed by atoms with Gasteiger partial charge in [0.15, 0.2) is 6.10 Å². The van der Waals surface area contributed by atoms with Gasteiger partial charge in [-0.05, 0) is 86.8 Å². The Morgan fingerprint density at radius 1 is 0.792 bits per heavy atom. The second-order valence-corrected chi connectivity index (χ2v) is 16.8. The summed E-state index contributed by atoms with van der Waals surface area (Å²) in [4.78, 5) is 3.39. The Morgan fingerprint density at radius 3 is 2.08 bits per heavy atom. The summed E-state index contributed by atoms with van der Waals surface area (Å²) in [6, 6.07) is 18.3. The molecule has 0 bridgehead atoms. The molecule has 0 saturated carbocycles. The van der Waals surface area contributed by atoms with Gasteiger partial charge < -0.3 is 17.8 Å². The number of nitrogens with zero attached hydrogens (tertiary/aromatic N) is 1. The Bertz CT molecular complexity index is 1930. The minimum Gasteiger partial charge on any atom is -0.492 e. The number of thiophene rings is 1. The number of likely N-dealkylation sites (tertiary alicyclic amines) is 1. The highest BCUT2D eigenvalue weighted by Crippen LogP contribution is 2.53. The Kier molecular flexibility index (Phi) is 10.8. The van der Waals surface area contributed by atoms with Gasteiger partial charge >= 0.3 is 20.2 Å². The van der Waals surface area contributed by atoms with Crippen molar-refractivity contribution in [1.29, 1.82) is 0 Å². The molecule has 258 valence electrons. The van der Waals surface area contributed by atoms with Crippen molar-refractivity contribution in [2.45, 2.75) is 64.9 Å². The van der Waals surface area contributed by atoms with Gasteiger partial charge in [0, 0.05) is 38.7 Å². The van der Waals surface area contributed by atoms with Crippen LogP contribution in [0, 0.1) is 0 Å². The van der Waals surface area contributed by atoms with Gasteiger partial charge in [0.05, 0.1) is 11.5 Å². The highest BCUT2D eigenvalue weighted by molar-refractivity contribution is 7.87. The van der Waals surface area contributed by atoms with Crippen LogP contribution in [0.3, 0.4) is 0 Å². The molecule has 6 rings (SSSR count). The van der Waals surface area contributed by atoms with Crippen molar-refractivity contribution < 1.29 is 34.7 Å². The second-order valence-electron chi connectivity index (χ2n) is 12.4. The van der Waals surface area contributed by atoms with Gasteiger partial charge in [-0.25, -0.2) is 0 Å². The average molecular weight is 714 g/mol. The Balaban J connectivity index is 1.31. The molecule has 1 unspecified atom stereocenters. The zero-order valence-corrected chi connectivity index (χ0v) is 29.9. The van der Waals surface area contributed by atoms with Crippen molar-refractivity contribution in [3.63, 3.8) is 0 Å². The molecule has 0 radical (unpaired) electrons. The van der Waals surface area contributed by atoms with Crippen LogP contribution in [0.25, 0.3) is 20.5 Å². The van der Waals surface area contributed by atoms with Crippen molar-refractivity contribution in [2.75, 3.05) is 37.7 Å². The van der Waals surface area contributed by atoms with Crippen LogP contribution in [0.5, 0.6) is 23.0 Å². The van der Waals surface area contributed by atoms with Crippen molar-refractivity contribution in [3.05, 3.63) is 71.8 Å². The van der Waals surface area contributed by atoms with Crippen LogP contribution in [-0.2, 0) is 20.2 Å². The molecule has 1 atom stereocenters. The number of hydrogen-bond acceptors (Lipinski definition) is 10. The van der Waals surface area contributed by atoms with Crippen molar-refractivity contribution >= 4 is 41.7 Å². The average Bonchev–Trinajstić information content (AvgIpc) is 3.45. The Hall–Kier alpha value is -3.32. The summed E-state index contributed by atoms with van der Waals surface area (Å²) in [6.07, 6.45) is 5.81. The molecule has 9 nitrogen and oxygen atoms in total. The molecule has 1 fully saturated rings. The lowest BCUT2D eigenvalue weighted by Gasteiger charge is -2.28. The zero-order chi connectivity index (χ0) is 33.7. The van der Waals surface area contributed by atoms with Crippen LogP contribution in [0.1, 0.15) is 76.0 Å². The summed E-state index contributed by atoms with van der Waals surface area (Å²) in [5.74, 6) is 1.64. The fourth-order valence-corrected chi connectivity index (χ4v) is 9.64. The lowest BCUT2D eigenvalue weighted by atomic mass is 9.93. The van der Waals surface area contributed by atoms with Gasteiger partial charge in [-0.1, -0.05) is 45.2 Å². The van der Waals surface area contributed by atoms with Gasteiger partial charge in [-0.15, -0.1) is 11.3 Å². The summed E-state index contributed by atoms with van der Waals surface area (Å²) >= 11 is 1.51. The van der Waals surface area contributed by atoms with E-state index in [4.69, 9.17) is 17.8 Å². The van der Waals surface area contributed by atoms with E-state index in [1.54, 1.807) is 24.3 Å². The van der Waals surface area contributed by atoms with Gasteiger partial charge in [0.25, 0.3) is 0 Å². The molecule has 0 aliphatic carbocycles. The molecular weight excluding hydrogens is 671 g/mol. The van der Waals surface area contributed by atoms with Crippen LogP contribution in [0.4, 0.5) is 0 Å². The lowest BCUT2D eigenvalue weighted by molar-refractivity contribution is 0.183. The standard InChI is InChI=1S/C36H43NO8S3/c1-3-5-22-47(38,39)44-28-14-16-30-32(24-28)43-35(26-10-12-27(13-11-26)42-21-20-37-18-8-7-9-19-37)34-31-17-15-29(25-33(31)46-36(30)34)45-48(40,41)23-6-4-2/h10-17,24-25,35H,3-9,18-23H2,1-2H3. The molecule has 2 aliphatic rings. The van der Waals surface area contributed by atoms with E-state index in [1.165, 1.54) is 30.6 Å². The summed E-state index contributed by atoms with van der Waals surface area (Å²) in [5, 5.41) is 0.924. The highest BCUT2D eigenvalue weighted by Gasteiger charge is 2.32. The van der Waals surface area contributed by atoms with Crippen LogP contribution >= 0.6 is 11.3 Å². The van der Waals surface area contributed by atoms with E-state index in [-0.39, 0.29) is 23.0 Å². The quantitative estimate of drug-likeness (QED) is 0.114. The first-order chi connectivity index (χ1) is 23.1. The highest BCUT2D eigenvalue weighted by atomic mass is 32.2. The van der Waals surface area contributed by atoms with Crippen molar-refractivity contribution in [2.24, 2.45) is 0 Å². The van der Waals surface area contributed by atoms with Crippen LogP contribution in [-0.4, -0.2) is 59.5 Å². The number of benzene rings is 3. The lowest BCUT2D eigenvalue weighted by Crippen LogP contribution is -2.33. The molecule has 3 heterocycles. The molecule has 0 amide bonds. The molecule has 48 heavy (non-hydrogen) atoms. The molecular formula is C36H43NO8S3. The summed E-state index contributed by atoms with van der Waals surface area (Å²) in [5.41, 5.74) is 2.65. The maximum atomic E-state index is 12.6. The monoisotopic (exact) mass is 713 g/mol. The molecule has 3 aromatic carbocycles. The Labute approximate surface area is 288 Å². The van der Waals surface area contributed by atoms with Gasteiger partial charge in [0.1, 0.15) is 29.6 Å². The molecule has 0 spiro atoms. The van der Waals surface area contributed by atoms with Crippen LogP contribution < -0.4 is 17.8 Å². The fraction of sp³-hybridized carbons (Fsp3) is 0.444. The second kappa shape index (κ2) is 15.1. The van der Waals surface area contributed by atoms with E-state index in [1.807, 2.05) is 50.2 Å². The summed E-state index contributed by atoms with van der Waals surface area (Å²) in [6.45, 7) is 7.64. The predicted octanol–water partition coefficient (Wildman–Crippen LogP) is 7.93. The van der Waals surface area contributed by atoms with Crippen molar-refractivity contribution in [1.82, 2.24) is 4.90 Å². The maximum absolute atomic E-state index is 12.6. The van der Waals surface area contributed by atoms with E-state index >= 15 is 0 Å². The third-order valence-electron chi connectivity index (χ3n) is 8.65. The first-order valence-corrected chi connectivity index (χ1v) is 20.8. The number of piperidine rings is 1. The predicted molar refractivity (Wildman–Crippen MR) is 191 cm³/mol. The third-order valence-corrected chi connectivity index (χ3v) is 12.3. The molecule has 1 saturated heterocycles.